The number of para-hydroxylation sites is 1. The predicted molar refractivity (Wildman–Crippen MR) is 82.3 cm³/mol. The molecule has 6 heteroatoms. The molecule has 0 aliphatic heterocycles. The smallest absolute Gasteiger partial charge is 0.355 e. The number of rotatable bonds is 6. The summed E-state index contributed by atoms with van der Waals surface area (Å²) in [6.45, 7) is 0.575. The lowest BCUT2D eigenvalue weighted by Gasteiger charge is -2.07. The first-order valence-electron chi connectivity index (χ1n) is 6.49. The van der Waals surface area contributed by atoms with Gasteiger partial charge >= 0.3 is 5.97 Å². The van der Waals surface area contributed by atoms with Gasteiger partial charge in [0, 0.05) is 18.5 Å². The van der Waals surface area contributed by atoms with Crippen LogP contribution in [0.5, 0.6) is 5.75 Å². The van der Waals surface area contributed by atoms with Gasteiger partial charge in [-0.25, -0.2) is 9.78 Å². The van der Waals surface area contributed by atoms with E-state index >= 15 is 0 Å². The number of aromatic carboxylic acids is 1. The molecule has 1 N–H and O–H groups in total. The zero-order valence-electron chi connectivity index (χ0n) is 12.3. The number of hydrogen-bond donors (Lipinski definition) is 1. The summed E-state index contributed by atoms with van der Waals surface area (Å²) in [5.41, 5.74) is 1.15. The highest BCUT2D eigenvalue weighted by Crippen LogP contribution is 2.26. The first kappa shape index (κ1) is 15.5. The SMILES string of the molecule is COc1ccccc1Cc1nc(C(=O)O)c(CN(C)C)s1. The molecule has 0 unspecified atom stereocenters. The third kappa shape index (κ3) is 3.80. The lowest BCUT2D eigenvalue weighted by Crippen LogP contribution is -2.12. The van der Waals surface area contributed by atoms with Crippen molar-refractivity contribution in [2.24, 2.45) is 0 Å². The van der Waals surface area contributed by atoms with E-state index in [0.29, 0.717) is 13.0 Å². The van der Waals surface area contributed by atoms with Crippen LogP contribution in [0.2, 0.25) is 0 Å². The van der Waals surface area contributed by atoms with Crippen molar-refractivity contribution in [3.05, 3.63) is 45.4 Å². The van der Waals surface area contributed by atoms with Crippen LogP contribution in [0, 0.1) is 0 Å². The molecule has 0 aliphatic carbocycles. The molecule has 0 spiro atoms. The maximum atomic E-state index is 11.3. The molecule has 0 bridgehead atoms. The first-order chi connectivity index (χ1) is 10.0. The molecule has 0 aliphatic rings. The summed E-state index contributed by atoms with van der Waals surface area (Å²) in [5.74, 6) is -0.187. The maximum Gasteiger partial charge on any atom is 0.355 e. The van der Waals surface area contributed by atoms with Gasteiger partial charge in [-0.05, 0) is 20.2 Å². The van der Waals surface area contributed by atoms with Gasteiger partial charge in [0.25, 0.3) is 0 Å². The van der Waals surface area contributed by atoms with E-state index in [4.69, 9.17) is 4.74 Å². The monoisotopic (exact) mass is 306 g/mol. The van der Waals surface area contributed by atoms with Crippen molar-refractivity contribution in [3.8, 4) is 5.75 Å². The molecule has 1 heterocycles. The van der Waals surface area contributed by atoms with Crippen LogP contribution in [0.15, 0.2) is 24.3 Å². The summed E-state index contributed by atoms with van der Waals surface area (Å²) in [4.78, 5) is 18.3. The van der Waals surface area contributed by atoms with E-state index in [1.54, 1.807) is 7.11 Å². The Kier molecular flexibility index (Phi) is 4.93. The molecular formula is C15H18N2O3S. The predicted octanol–water partition coefficient (Wildman–Crippen LogP) is 2.50. The molecule has 0 radical (unpaired) electrons. The van der Waals surface area contributed by atoms with Crippen molar-refractivity contribution in [1.82, 2.24) is 9.88 Å². The summed E-state index contributed by atoms with van der Waals surface area (Å²) in [5, 5.41) is 10.0. The fraction of sp³-hybridized carbons (Fsp3) is 0.333. The first-order valence-corrected chi connectivity index (χ1v) is 7.31. The second-order valence-electron chi connectivity index (χ2n) is 4.91. The van der Waals surface area contributed by atoms with Crippen molar-refractivity contribution >= 4 is 17.3 Å². The standard InChI is InChI=1S/C15H18N2O3S/c1-17(2)9-12-14(15(18)19)16-13(21-12)8-10-6-4-5-7-11(10)20-3/h4-7H,8-9H2,1-3H3,(H,18,19). The number of carboxylic acid groups (broad SMARTS) is 1. The minimum atomic E-state index is -0.977. The van der Waals surface area contributed by atoms with Crippen LogP contribution in [0.25, 0.3) is 0 Å². The lowest BCUT2D eigenvalue weighted by molar-refractivity contribution is 0.0689. The minimum Gasteiger partial charge on any atom is -0.496 e. The normalized spacial score (nSPS) is 10.9. The second-order valence-corrected chi connectivity index (χ2v) is 6.08. The van der Waals surface area contributed by atoms with Crippen LogP contribution in [-0.2, 0) is 13.0 Å². The fourth-order valence-corrected chi connectivity index (χ4v) is 3.25. The molecule has 2 aromatic rings. The van der Waals surface area contributed by atoms with Crippen LogP contribution in [0.3, 0.4) is 0 Å². The Labute approximate surface area is 127 Å². The molecular weight excluding hydrogens is 288 g/mol. The van der Waals surface area contributed by atoms with Gasteiger partial charge in [-0.3, -0.25) is 0 Å². The van der Waals surface area contributed by atoms with Crippen molar-refractivity contribution < 1.29 is 14.6 Å². The highest BCUT2D eigenvalue weighted by atomic mass is 32.1. The largest absolute Gasteiger partial charge is 0.496 e. The summed E-state index contributed by atoms with van der Waals surface area (Å²) >= 11 is 1.44. The van der Waals surface area contributed by atoms with Crippen LogP contribution in [0.1, 0.15) is 25.9 Å². The van der Waals surface area contributed by atoms with Crippen LogP contribution in [-0.4, -0.2) is 42.2 Å². The lowest BCUT2D eigenvalue weighted by atomic mass is 10.1. The van der Waals surface area contributed by atoms with Gasteiger partial charge < -0.3 is 14.7 Å². The third-order valence-electron chi connectivity index (χ3n) is 2.94. The van der Waals surface area contributed by atoms with Crippen molar-refractivity contribution in [1.29, 1.82) is 0 Å². The van der Waals surface area contributed by atoms with Crippen LogP contribution in [0.4, 0.5) is 0 Å². The summed E-state index contributed by atoms with van der Waals surface area (Å²) < 4.78 is 5.32. The number of aromatic nitrogens is 1. The quantitative estimate of drug-likeness (QED) is 0.888. The molecule has 0 fully saturated rings. The van der Waals surface area contributed by atoms with Crippen LogP contribution < -0.4 is 4.74 Å². The van der Waals surface area contributed by atoms with E-state index < -0.39 is 5.97 Å². The van der Waals surface area contributed by atoms with E-state index in [1.165, 1.54) is 11.3 Å². The average Bonchev–Trinajstić information content (AvgIpc) is 2.81. The average molecular weight is 306 g/mol. The summed E-state index contributed by atoms with van der Waals surface area (Å²) in [6.07, 6.45) is 0.572. The zero-order valence-corrected chi connectivity index (χ0v) is 13.1. The van der Waals surface area contributed by atoms with Gasteiger partial charge in [-0.15, -0.1) is 11.3 Å². The number of thiazole rings is 1. The van der Waals surface area contributed by atoms with Crippen molar-refractivity contribution in [2.45, 2.75) is 13.0 Å². The Morgan fingerprint density at radius 1 is 1.38 bits per heavy atom. The highest BCUT2D eigenvalue weighted by molar-refractivity contribution is 7.11. The molecule has 1 aromatic heterocycles. The molecule has 112 valence electrons. The number of nitrogens with zero attached hydrogens (tertiary/aromatic N) is 2. The van der Waals surface area contributed by atoms with Gasteiger partial charge in [0.1, 0.15) is 5.75 Å². The Bertz CT molecular complexity index is 638. The number of benzene rings is 1. The second kappa shape index (κ2) is 6.69. The van der Waals surface area contributed by atoms with E-state index in [2.05, 4.69) is 4.98 Å². The number of hydrogen-bond acceptors (Lipinski definition) is 5. The molecule has 0 saturated carbocycles. The van der Waals surface area contributed by atoms with E-state index in [0.717, 1.165) is 21.2 Å². The zero-order chi connectivity index (χ0) is 15.4. The van der Waals surface area contributed by atoms with E-state index in [1.807, 2.05) is 43.3 Å². The maximum absolute atomic E-state index is 11.3. The van der Waals surface area contributed by atoms with Gasteiger partial charge in [0.2, 0.25) is 0 Å². The molecule has 0 amide bonds. The molecule has 2 rings (SSSR count). The Hall–Kier alpha value is -1.92. The topological polar surface area (TPSA) is 62.7 Å². The van der Waals surface area contributed by atoms with E-state index in [9.17, 15) is 9.90 Å². The molecule has 21 heavy (non-hydrogen) atoms. The number of carbonyl (C=O) groups is 1. The molecule has 5 nitrogen and oxygen atoms in total. The number of ether oxygens (including phenoxy) is 1. The summed E-state index contributed by atoms with van der Waals surface area (Å²) in [6, 6.07) is 7.70. The van der Waals surface area contributed by atoms with Crippen LogP contribution >= 0.6 is 11.3 Å². The fourth-order valence-electron chi connectivity index (χ4n) is 2.05. The molecule has 1 aromatic carbocycles. The molecule has 0 saturated heterocycles. The van der Waals surface area contributed by atoms with Gasteiger partial charge in [0.15, 0.2) is 5.69 Å². The highest BCUT2D eigenvalue weighted by Gasteiger charge is 2.18. The van der Waals surface area contributed by atoms with Crippen molar-refractivity contribution in [3.63, 3.8) is 0 Å². The van der Waals surface area contributed by atoms with E-state index in [-0.39, 0.29) is 5.69 Å². The van der Waals surface area contributed by atoms with Gasteiger partial charge in [0.05, 0.1) is 17.0 Å². The summed E-state index contributed by atoms with van der Waals surface area (Å²) in [7, 11) is 5.44. The number of methoxy groups -OCH3 is 1. The van der Waals surface area contributed by atoms with Gasteiger partial charge in [-0.1, -0.05) is 18.2 Å². The number of carboxylic acids is 1. The molecule has 0 atom stereocenters. The third-order valence-corrected chi connectivity index (χ3v) is 3.98. The Morgan fingerprint density at radius 2 is 2.10 bits per heavy atom. The Morgan fingerprint density at radius 3 is 2.71 bits per heavy atom. The van der Waals surface area contributed by atoms with Crippen molar-refractivity contribution in [2.75, 3.05) is 21.2 Å². The Balaban J connectivity index is 2.30. The van der Waals surface area contributed by atoms with Gasteiger partial charge in [-0.2, -0.15) is 0 Å². The minimum absolute atomic E-state index is 0.151.